The number of hydrogen-bond acceptors (Lipinski definition) is 1. The molecular formula is C59H55N. The Morgan fingerprint density at radius 2 is 1.00 bits per heavy atom. The Hall–Kier alpha value is -5.92. The highest BCUT2D eigenvalue weighted by molar-refractivity contribution is 6.12. The highest BCUT2D eigenvalue weighted by Crippen LogP contribution is 2.56. The SMILES string of the molecule is CC1(C)c2ccccc2-c2cc(N(c3ccc4ccccc4c3-c3cccc4ccccc34)c3c(C4CCCCC4)cc(-c4ccccc4)cc3C3CCCCC3)ccc21. The van der Waals surface area contributed by atoms with Crippen LogP contribution in [0.2, 0.25) is 0 Å². The lowest BCUT2D eigenvalue weighted by atomic mass is 9.76. The Morgan fingerprint density at radius 3 is 1.72 bits per heavy atom. The van der Waals surface area contributed by atoms with Crippen LogP contribution >= 0.6 is 0 Å². The van der Waals surface area contributed by atoms with Crippen LogP contribution in [0, 0.1) is 0 Å². The van der Waals surface area contributed by atoms with Crippen molar-refractivity contribution < 1.29 is 0 Å². The first-order valence-corrected chi connectivity index (χ1v) is 22.8. The predicted octanol–water partition coefficient (Wildman–Crippen LogP) is 17.2. The molecule has 0 unspecified atom stereocenters. The third-order valence-electron chi connectivity index (χ3n) is 14.6. The summed E-state index contributed by atoms with van der Waals surface area (Å²) in [6.45, 7) is 4.81. The number of hydrogen-bond donors (Lipinski definition) is 0. The molecule has 0 aromatic heterocycles. The molecule has 11 rings (SSSR count). The second-order valence-electron chi connectivity index (χ2n) is 18.5. The second-order valence-corrected chi connectivity index (χ2v) is 18.5. The van der Waals surface area contributed by atoms with Crippen molar-refractivity contribution in [1.29, 1.82) is 0 Å². The molecule has 8 aromatic rings. The summed E-state index contributed by atoms with van der Waals surface area (Å²) < 4.78 is 0. The van der Waals surface area contributed by atoms with Crippen molar-refractivity contribution in [2.24, 2.45) is 0 Å². The minimum absolute atomic E-state index is 0.0653. The lowest BCUT2D eigenvalue weighted by Gasteiger charge is -2.38. The zero-order chi connectivity index (χ0) is 40.2. The molecule has 60 heavy (non-hydrogen) atoms. The van der Waals surface area contributed by atoms with Gasteiger partial charge < -0.3 is 4.90 Å². The third-order valence-corrected chi connectivity index (χ3v) is 14.6. The lowest BCUT2D eigenvalue weighted by molar-refractivity contribution is 0.436. The Morgan fingerprint density at radius 1 is 0.433 bits per heavy atom. The van der Waals surface area contributed by atoms with E-state index in [9.17, 15) is 0 Å². The van der Waals surface area contributed by atoms with Crippen molar-refractivity contribution in [3.63, 3.8) is 0 Å². The van der Waals surface area contributed by atoms with Gasteiger partial charge >= 0.3 is 0 Å². The van der Waals surface area contributed by atoms with E-state index < -0.39 is 0 Å². The van der Waals surface area contributed by atoms with Crippen molar-refractivity contribution >= 4 is 38.6 Å². The molecule has 296 valence electrons. The van der Waals surface area contributed by atoms with Gasteiger partial charge in [-0.2, -0.15) is 0 Å². The zero-order valence-electron chi connectivity index (χ0n) is 35.3. The average molecular weight is 778 g/mol. The van der Waals surface area contributed by atoms with Crippen LogP contribution in [0.1, 0.15) is 112 Å². The summed E-state index contributed by atoms with van der Waals surface area (Å²) in [6.07, 6.45) is 12.8. The average Bonchev–Trinajstić information content (AvgIpc) is 3.54. The maximum Gasteiger partial charge on any atom is 0.0546 e. The van der Waals surface area contributed by atoms with Gasteiger partial charge in [-0.15, -0.1) is 0 Å². The van der Waals surface area contributed by atoms with E-state index in [0.29, 0.717) is 11.8 Å². The van der Waals surface area contributed by atoms with Gasteiger partial charge in [0.2, 0.25) is 0 Å². The van der Waals surface area contributed by atoms with Crippen LogP contribution in [0.25, 0.3) is 54.9 Å². The Balaban J connectivity index is 1.28. The third kappa shape index (κ3) is 6.28. The molecule has 3 aliphatic carbocycles. The van der Waals surface area contributed by atoms with Crippen LogP contribution < -0.4 is 4.90 Å². The van der Waals surface area contributed by atoms with Gasteiger partial charge in [0.1, 0.15) is 0 Å². The van der Waals surface area contributed by atoms with E-state index in [1.807, 2.05) is 0 Å². The van der Waals surface area contributed by atoms with Crippen molar-refractivity contribution in [2.45, 2.75) is 95.3 Å². The Bertz CT molecular complexity index is 2820. The highest BCUT2D eigenvalue weighted by Gasteiger charge is 2.37. The van der Waals surface area contributed by atoms with Gasteiger partial charge in [0.05, 0.1) is 11.4 Å². The monoisotopic (exact) mass is 777 g/mol. The molecule has 1 nitrogen and oxygen atoms in total. The van der Waals surface area contributed by atoms with Crippen LogP contribution in [0.3, 0.4) is 0 Å². The summed E-state index contributed by atoms with van der Waals surface area (Å²) in [4.78, 5) is 2.78. The highest BCUT2D eigenvalue weighted by atomic mass is 15.2. The second kappa shape index (κ2) is 15.3. The molecule has 0 heterocycles. The van der Waals surface area contributed by atoms with Crippen LogP contribution in [0.5, 0.6) is 0 Å². The molecule has 0 atom stereocenters. The van der Waals surface area contributed by atoms with E-state index in [1.165, 1.54) is 158 Å². The Kier molecular flexibility index (Phi) is 9.45. The van der Waals surface area contributed by atoms with Gasteiger partial charge in [0.15, 0.2) is 0 Å². The van der Waals surface area contributed by atoms with Crippen LogP contribution in [-0.2, 0) is 5.41 Å². The number of nitrogens with zero attached hydrogens (tertiary/aromatic N) is 1. The first kappa shape index (κ1) is 37.1. The fraction of sp³-hybridized carbons (Fsp3) is 0.254. The largest absolute Gasteiger partial charge is 0.309 e. The van der Waals surface area contributed by atoms with E-state index in [-0.39, 0.29) is 5.41 Å². The van der Waals surface area contributed by atoms with E-state index in [1.54, 1.807) is 0 Å². The molecule has 3 aliphatic rings. The van der Waals surface area contributed by atoms with E-state index in [0.717, 1.165) is 0 Å². The van der Waals surface area contributed by atoms with E-state index in [2.05, 4.69) is 183 Å². The molecule has 0 radical (unpaired) electrons. The molecule has 0 aliphatic heterocycles. The summed E-state index contributed by atoms with van der Waals surface area (Å²) in [7, 11) is 0. The standard InChI is InChI=1S/C59H55N/c1-59(2)54-32-17-16-30-49(54)53-39-46(34-35-55(53)59)60(56-36-33-44-26-13-15-29-48(44)57(56)50-31-18-27-41-25-12-14-28-47(41)50)58-51(42-21-8-4-9-22-42)37-45(40-19-6-3-7-20-40)38-52(58)43-23-10-5-11-24-43/h3,6-7,12-20,25-39,42-43H,4-5,8-11,21-24H2,1-2H3. The molecule has 0 amide bonds. The van der Waals surface area contributed by atoms with E-state index >= 15 is 0 Å². The number of anilines is 3. The molecule has 0 N–H and O–H groups in total. The maximum absolute atomic E-state index is 2.78. The molecule has 2 saturated carbocycles. The lowest BCUT2D eigenvalue weighted by Crippen LogP contribution is -2.20. The first-order valence-electron chi connectivity index (χ1n) is 22.8. The van der Waals surface area contributed by atoms with Gasteiger partial charge in [0, 0.05) is 16.7 Å². The molecular weight excluding hydrogens is 723 g/mol. The smallest absolute Gasteiger partial charge is 0.0546 e. The fourth-order valence-corrected chi connectivity index (χ4v) is 11.6. The molecule has 0 spiro atoms. The minimum atomic E-state index is -0.0653. The van der Waals surface area contributed by atoms with Gasteiger partial charge in [-0.1, -0.05) is 186 Å². The quantitative estimate of drug-likeness (QED) is 0.156. The fourth-order valence-electron chi connectivity index (χ4n) is 11.6. The summed E-state index contributed by atoms with van der Waals surface area (Å²) in [6, 6.07) is 62.9. The van der Waals surface area contributed by atoms with Crippen molar-refractivity contribution in [3.05, 3.63) is 186 Å². The normalized spacial score (nSPS) is 16.5. The van der Waals surface area contributed by atoms with Gasteiger partial charge in [-0.05, 0) is 139 Å². The van der Waals surface area contributed by atoms with Crippen molar-refractivity contribution in [1.82, 2.24) is 0 Å². The number of benzene rings is 8. The summed E-state index contributed by atoms with van der Waals surface area (Å²) in [5.41, 5.74) is 17.8. The van der Waals surface area contributed by atoms with Crippen molar-refractivity contribution in [2.75, 3.05) is 4.90 Å². The zero-order valence-corrected chi connectivity index (χ0v) is 35.3. The molecule has 0 bridgehead atoms. The maximum atomic E-state index is 2.78. The van der Waals surface area contributed by atoms with Gasteiger partial charge in [0.25, 0.3) is 0 Å². The van der Waals surface area contributed by atoms with Crippen molar-refractivity contribution in [3.8, 4) is 33.4 Å². The van der Waals surface area contributed by atoms with Gasteiger partial charge in [-0.3, -0.25) is 0 Å². The molecule has 8 aromatic carbocycles. The summed E-state index contributed by atoms with van der Waals surface area (Å²) in [5, 5.41) is 5.13. The van der Waals surface area contributed by atoms with Crippen LogP contribution in [0.4, 0.5) is 17.1 Å². The molecule has 2 fully saturated rings. The Labute approximate surface area is 356 Å². The van der Waals surface area contributed by atoms with Crippen LogP contribution in [-0.4, -0.2) is 0 Å². The van der Waals surface area contributed by atoms with Gasteiger partial charge in [-0.25, -0.2) is 0 Å². The number of rotatable bonds is 7. The predicted molar refractivity (Wildman–Crippen MR) is 256 cm³/mol. The molecule has 0 saturated heterocycles. The topological polar surface area (TPSA) is 3.24 Å². The minimum Gasteiger partial charge on any atom is -0.309 e. The summed E-state index contributed by atoms with van der Waals surface area (Å²) >= 11 is 0. The van der Waals surface area contributed by atoms with E-state index in [4.69, 9.17) is 0 Å². The van der Waals surface area contributed by atoms with Crippen LogP contribution in [0.15, 0.2) is 164 Å². The number of fused-ring (bicyclic) bond motifs is 5. The summed E-state index contributed by atoms with van der Waals surface area (Å²) in [5.74, 6) is 0.996. The first-order chi connectivity index (χ1) is 29.5. The molecule has 1 heteroatoms.